The average molecular weight is 355 g/mol. The number of thioether (sulfide) groups is 1. The highest BCUT2D eigenvalue weighted by Crippen LogP contribution is 2.17. The summed E-state index contributed by atoms with van der Waals surface area (Å²) in [6.45, 7) is 1.14. The Bertz CT molecular complexity index is 819. The Labute approximate surface area is 150 Å². The summed E-state index contributed by atoms with van der Waals surface area (Å²) in [4.78, 5) is 12.9. The first-order valence-electron chi connectivity index (χ1n) is 7.90. The van der Waals surface area contributed by atoms with Crippen LogP contribution in [0.4, 0.5) is 4.39 Å². The lowest BCUT2D eigenvalue weighted by Gasteiger charge is -2.11. The van der Waals surface area contributed by atoms with E-state index in [2.05, 4.69) is 10.4 Å². The summed E-state index contributed by atoms with van der Waals surface area (Å²) < 4.78 is 14.7. The van der Waals surface area contributed by atoms with Crippen molar-refractivity contribution < 1.29 is 9.18 Å². The molecule has 1 aromatic heterocycles. The van der Waals surface area contributed by atoms with Gasteiger partial charge in [-0.15, -0.1) is 11.8 Å². The summed E-state index contributed by atoms with van der Waals surface area (Å²) in [6, 6.07) is 16.0. The predicted octanol–water partition coefficient (Wildman–Crippen LogP) is 3.48. The summed E-state index contributed by atoms with van der Waals surface area (Å²) in [7, 11) is 0. The molecule has 3 aromatic rings. The summed E-state index contributed by atoms with van der Waals surface area (Å²) in [5, 5.41) is 7.15. The maximum atomic E-state index is 12.9. The van der Waals surface area contributed by atoms with E-state index in [1.54, 1.807) is 18.3 Å². The van der Waals surface area contributed by atoms with Crippen LogP contribution in [0.5, 0.6) is 0 Å². The second kappa shape index (κ2) is 8.48. The molecule has 3 rings (SSSR count). The molecule has 0 aliphatic carbocycles. The van der Waals surface area contributed by atoms with Crippen LogP contribution in [0.15, 0.2) is 71.9 Å². The standard InChI is InChI=1S/C19H18FN3OS/c20-17-6-8-18(9-7-17)25-14-19(24)21-12-15-4-1-2-5-16(15)13-23-11-3-10-22-23/h1-11H,12-14H2,(H,21,24). The molecule has 0 bridgehead atoms. The van der Waals surface area contributed by atoms with Gasteiger partial charge >= 0.3 is 0 Å². The van der Waals surface area contributed by atoms with Crippen LogP contribution in [0.1, 0.15) is 11.1 Å². The zero-order valence-corrected chi connectivity index (χ0v) is 14.4. The molecule has 0 radical (unpaired) electrons. The van der Waals surface area contributed by atoms with E-state index in [-0.39, 0.29) is 11.7 Å². The lowest BCUT2D eigenvalue weighted by Crippen LogP contribution is -2.25. The average Bonchev–Trinajstić information content (AvgIpc) is 3.13. The zero-order valence-electron chi connectivity index (χ0n) is 13.6. The van der Waals surface area contributed by atoms with Crippen LogP contribution in [-0.4, -0.2) is 21.4 Å². The smallest absolute Gasteiger partial charge is 0.230 e. The highest BCUT2D eigenvalue weighted by molar-refractivity contribution is 8.00. The third-order valence-electron chi connectivity index (χ3n) is 3.67. The number of hydrogen-bond donors (Lipinski definition) is 1. The van der Waals surface area contributed by atoms with E-state index in [1.165, 1.54) is 23.9 Å². The molecule has 25 heavy (non-hydrogen) atoms. The van der Waals surface area contributed by atoms with Crippen molar-refractivity contribution in [2.45, 2.75) is 18.0 Å². The number of nitrogens with one attached hydrogen (secondary N) is 1. The monoisotopic (exact) mass is 355 g/mol. The van der Waals surface area contributed by atoms with E-state index < -0.39 is 0 Å². The van der Waals surface area contributed by atoms with Crippen molar-refractivity contribution in [3.8, 4) is 0 Å². The molecule has 128 valence electrons. The number of carbonyl (C=O) groups excluding carboxylic acids is 1. The minimum absolute atomic E-state index is 0.0526. The lowest BCUT2D eigenvalue weighted by atomic mass is 10.1. The minimum Gasteiger partial charge on any atom is -0.351 e. The SMILES string of the molecule is O=C(CSc1ccc(F)cc1)NCc1ccccc1Cn1cccn1. The minimum atomic E-state index is -0.275. The third kappa shape index (κ3) is 5.19. The van der Waals surface area contributed by atoms with E-state index in [4.69, 9.17) is 0 Å². The fourth-order valence-corrected chi connectivity index (χ4v) is 3.11. The molecule has 1 N–H and O–H groups in total. The third-order valence-corrected chi connectivity index (χ3v) is 4.68. The quantitative estimate of drug-likeness (QED) is 0.660. The Hall–Kier alpha value is -2.60. The maximum Gasteiger partial charge on any atom is 0.230 e. The molecule has 0 saturated heterocycles. The Morgan fingerprint density at radius 3 is 2.56 bits per heavy atom. The number of carbonyl (C=O) groups is 1. The number of aromatic nitrogens is 2. The van der Waals surface area contributed by atoms with Gasteiger partial charge in [0.15, 0.2) is 0 Å². The number of rotatable bonds is 7. The predicted molar refractivity (Wildman–Crippen MR) is 96.7 cm³/mol. The maximum absolute atomic E-state index is 12.9. The van der Waals surface area contributed by atoms with Gasteiger partial charge in [0, 0.05) is 23.8 Å². The van der Waals surface area contributed by atoms with Crippen LogP contribution in [0.2, 0.25) is 0 Å². The van der Waals surface area contributed by atoms with E-state index in [0.717, 1.165) is 16.0 Å². The number of halogens is 1. The van der Waals surface area contributed by atoms with Gasteiger partial charge in [-0.05, 0) is 41.5 Å². The Kier molecular flexibility index (Phi) is 5.85. The summed E-state index contributed by atoms with van der Waals surface area (Å²) in [5.41, 5.74) is 2.19. The van der Waals surface area contributed by atoms with Gasteiger partial charge in [-0.3, -0.25) is 9.48 Å². The van der Waals surface area contributed by atoms with Crippen molar-refractivity contribution in [1.82, 2.24) is 15.1 Å². The molecule has 0 aliphatic rings. The van der Waals surface area contributed by atoms with Gasteiger partial charge in [0.2, 0.25) is 5.91 Å². The van der Waals surface area contributed by atoms with Crippen LogP contribution >= 0.6 is 11.8 Å². The van der Waals surface area contributed by atoms with Gasteiger partial charge < -0.3 is 5.32 Å². The first kappa shape index (κ1) is 17.2. The molecule has 0 spiro atoms. The summed E-state index contributed by atoms with van der Waals surface area (Å²) >= 11 is 1.39. The van der Waals surface area contributed by atoms with E-state index >= 15 is 0 Å². The van der Waals surface area contributed by atoms with Gasteiger partial charge in [0.05, 0.1) is 12.3 Å². The van der Waals surface area contributed by atoms with Gasteiger partial charge in [0.25, 0.3) is 0 Å². The van der Waals surface area contributed by atoms with Crippen LogP contribution in [0, 0.1) is 5.82 Å². The van der Waals surface area contributed by atoms with Crippen LogP contribution in [0.3, 0.4) is 0 Å². The van der Waals surface area contributed by atoms with E-state index in [0.29, 0.717) is 18.8 Å². The summed E-state index contributed by atoms with van der Waals surface area (Å²) in [5.74, 6) is -0.0294. The number of benzene rings is 2. The van der Waals surface area contributed by atoms with Crippen LogP contribution in [0.25, 0.3) is 0 Å². The fourth-order valence-electron chi connectivity index (χ4n) is 2.38. The van der Waals surface area contributed by atoms with Crippen molar-refractivity contribution in [1.29, 1.82) is 0 Å². The highest BCUT2D eigenvalue weighted by Gasteiger charge is 2.06. The van der Waals surface area contributed by atoms with Gasteiger partial charge in [-0.2, -0.15) is 5.10 Å². The number of amides is 1. The summed E-state index contributed by atoms with van der Waals surface area (Å²) in [6.07, 6.45) is 3.66. The van der Waals surface area contributed by atoms with Crippen LogP contribution in [-0.2, 0) is 17.9 Å². The molecule has 0 fully saturated rings. The molecule has 2 aromatic carbocycles. The molecule has 0 unspecified atom stereocenters. The second-order valence-electron chi connectivity index (χ2n) is 5.49. The Morgan fingerprint density at radius 2 is 1.84 bits per heavy atom. The fraction of sp³-hybridized carbons (Fsp3) is 0.158. The zero-order chi connectivity index (χ0) is 17.5. The van der Waals surface area contributed by atoms with Gasteiger partial charge in [0.1, 0.15) is 5.82 Å². The molecule has 1 heterocycles. The van der Waals surface area contributed by atoms with Crippen LogP contribution < -0.4 is 5.32 Å². The lowest BCUT2D eigenvalue weighted by molar-refractivity contribution is -0.118. The van der Waals surface area contributed by atoms with Crippen molar-refractivity contribution in [3.05, 3.63) is 83.9 Å². The largest absolute Gasteiger partial charge is 0.351 e. The van der Waals surface area contributed by atoms with Crippen molar-refractivity contribution in [3.63, 3.8) is 0 Å². The molecule has 0 atom stereocenters. The molecule has 0 saturated carbocycles. The molecule has 1 amide bonds. The van der Waals surface area contributed by atoms with Crippen molar-refractivity contribution in [2.75, 3.05) is 5.75 Å². The van der Waals surface area contributed by atoms with Gasteiger partial charge in [-0.25, -0.2) is 4.39 Å². The second-order valence-corrected chi connectivity index (χ2v) is 6.54. The molecule has 4 nitrogen and oxygen atoms in total. The first-order valence-corrected chi connectivity index (χ1v) is 8.88. The molecular formula is C19H18FN3OS. The number of nitrogens with zero attached hydrogens (tertiary/aromatic N) is 2. The molecule has 6 heteroatoms. The number of hydrogen-bond acceptors (Lipinski definition) is 3. The highest BCUT2D eigenvalue weighted by atomic mass is 32.2. The molecular weight excluding hydrogens is 337 g/mol. The normalized spacial score (nSPS) is 10.6. The van der Waals surface area contributed by atoms with E-state index in [9.17, 15) is 9.18 Å². The Balaban J connectivity index is 1.52. The molecule has 0 aliphatic heterocycles. The first-order chi connectivity index (χ1) is 12.2. The van der Waals surface area contributed by atoms with E-state index in [1.807, 2.05) is 41.2 Å². The van der Waals surface area contributed by atoms with Gasteiger partial charge in [-0.1, -0.05) is 24.3 Å². The van der Waals surface area contributed by atoms with Crippen molar-refractivity contribution >= 4 is 17.7 Å². The Morgan fingerprint density at radius 1 is 1.08 bits per heavy atom. The van der Waals surface area contributed by atoms with Crippen molar-refractivity contribution in [2.24, 2.45) is 0 Å². The topological polar surface area (TPSA) is 46.9 Å².